The first kappa shape index (κ1) is 16.4. The average Bonchev–Trinajstić information content (AvgIpc) is 2.45. The van der Waals surface area contributed by atoms with Gasteiger partial charge in [0.05, 0.1) is 11.3 Å². The van der Waals surface area contributed by atoms with Gasteiger partial charge in [0.25, 0.3) is 0 Å². The Morgan fingerprint density at radius 2 is 2.05 bits per heavy atom. The van der Waals surface area contributed by atoms with E-state index < -0.39 is 5.97 Å². The van der Waals surface area contributed by atoms with Crippen LogP contribution in [0.2, 0.25) is 0 Å². The van der Waals surface area contributed by atoms with Gasteiger partial charge in [-0.25, -0.2) is 4.79 Å². The van der Waals surface area contributed by atoms with E-state index in [1.54, 1.807) is 18.2 Å². The number of piperidine rings is 1. The van der Waals surface area contributed by atoms with Gasteiger partial charge in [-0.2, -0.15) is 0 Å². The number of halogens is 1. The van der Waals surface area contributed by atoms with Crippen LogP contribution in [0.15, 0.2) is 27.6 Å². The van der Waals surface area contributed by atoms with Crippen molar-refractivity contribution in [1.29, 1.82) is 0 Å². The molecule has 2 rings (SSSR count). The molecular formula is C15H18BrNO3S. The minimum atomic E-state index is -0.968. The van der Waals surface area contributed by atoms with E-state index in [4.69, 9.17) is 0 Å². The molecule has 1 N–H and O–H groups in total. The molecule has 0 aromatic heterocycles. The number of carbonyl (C=O) groups excluding carboxylic acids is 1. The zero-order valence-corrected chi connectivity index (χ0v) is 14.2. The summed E-state index contributed by atoms with van der Waals surface area (Å²) < 4.78 is 0.814. The Balaban J connectivity index is 1.98. The van der Waals surface area contributed by atoms with E-state index in [0.29, 0.717) is 10.8 Å². The first-order valence-electron chi connectivity index (χ1n) is 6.91. The van der Waals surface area contributed by atoms with Crippen molar-refractivity contribution >= 4 is 39.6 Å². The molecular weight excluding hydrogens is 354 g/mol. The summed E-state index contributed by atoms with van der Waals surface area (Å²) in [7, 11) is 0. The van der Waals surface area contributed by atoms with Crippen molar-refractivity contribution < 1.29 is 14.7 Å². The lowest BCUT2D eigenvalue weighted by Crippen LogP contribution is -2.38. The molecule has 1 saturated heterocycles. The molecule has 0 atom stereocenters. The SMILES string of the molecule is CC1CCN(C(=O)CSc2cc(Br)ccc2C(=O)O)CC1. The topological polar surface area (TPSA) is 57.6 Å². The number of nitrogens with zero attached hydrogens (tertiary/aromatic N) is 1. The molecule has 0 saturated carbocycles. The maximum Gasteiger partial charge on any atom is 0.336 e. The Labute approximate surface area is 137 Å². The lowest BCUT2D eigenvalue weighted by molar-refractivity contribution is -0.129. The normalized spacial score (nSPS) is 16.0. The summed E-state index contributed by atoms with van der Waals surface area (Å²) in [5.74, 6) is 0.0864. The van der Waals surface area contributed by atoms with Gasteiger partial charge < -0.3 is 10.0 Å². The molecule has 114 valence electrons. The van der Waals surface area contributed by atoms with E-state index in [1.165, 1.54) is 11.8 Å². The first-order chi connectivity index (χ1) is 9.97. The molecule has 1 aromatic carbocycles. The highest BCUT2D eigenvalue weighted by molar-refractivity contribution is 9.10. The summed E-state index contributed by atoms with van der Waals surface area (Å²) in [6, 6.07) is 5.00. The molecule has 1 heterocycles. The highest BCUT2D eigenvalue weighted by Crippen LogP contribution is 2.27. The Hall–Kier alpha value is -1.01. The molecule has 1 fully saturated rings. The predicted octanol–water partition coefficient (Wildman–Crippen LogP) is 3.50. The van der Waals surface area contributed by atoms with E-state index in [0.717, 1.165) is 30.4 Å². The van der Waals surface area contributed by atoms with Gasteiger partial charge in [-0.1, -0.05) is 22.9 Å². The lowest BCUT2D eigenvalue weighted by atomic mass is 9.99. The van der Waals surface area contributed by atoms with E-state index in [1.807, 2.05) is 4.90 Å². The number of amides is 1. The van der Waals surface area contributed by atoms with Crippen molar-refractivity contribution in [2.24, 2.45) is 5.92 Å². The van der Waals surface area contributed by atoms with Crippen LogP contribution in [0.25, 0.3) is 0 Å². The fraction of sp³-hybridized carbons (Fsp3) is 0.467. The minimum absolute atomic E-state index is 0.0863. The van der Waals surface area contributed by atoms with Crippen molar-refractivity contribution in [2.75, 3.05) is 18.8 Å². The van der Waals surface area contributed by atoms with Crippen LogP contribution >= 0.6 is 27.7 Å². The second-order valence-electron chi connectivity index (χ2n) is 5.30. The summed E-state index contributed by atoms with van der Waals surface area (Å²) in [6.07, 6.45) is 2.10. The second-order valence-corrected chi connectivity index (χ2v) is 7.23. The maximum atomic E-state index is 12.2. The maximum absolute atomic E-state index is 12.2. The Kier molecular flexibility index (Phi) is 5.70. The summed E-state index contributed by atoms with van der Waals surface area (Å²) >= 11 is 4.62. The fourth-order valence-corrected chi connectivity index (χ4v) is 3.78. The van der Waals surface area contributed by atoms with Crippen LogP contribution in [0.3, 0.4) is 0 Å². The molecule has 4 nitrogen and oxygen atoms in total. The van der Waals surface area contributed by atoms with Gasteiger partial charge in [0.2, 0.25) is 5.91 Å². The van der Waals surface area contributed by atoms with Crippen LogP contribution in [0, 0.1) is 5.92 Å². The van der Waals surface area contributed by atoms with Crippen LogP contribution in [0.5, 0.6) is 0 Å². The van der Waals surface area contributed by atoms with Gasteiger partial charge in [-0.3, -0.25) is 4.79 Å². The number of likely N-dealkylation sites (tertiary alicyclic amines) is 1. The molecule has 1 aromatic rings. The lowest BCUT2D eigenvalue weighted by Gasteiger charge is -2.30. The van der Waals surface area contributed by atoms with Crippen molar-refractivity contribution in [3.05, 3.63) is 28.2 Å². The monoisotopic (exact) mass is 371 g/mol. The number of hydrogen-bond acceptors (Lipinski definition) is 3. The van der Waals surface area contributed by atoms with E-state index in [2.05, 4.69) is 22.9 Å². The molecule has 0 unspecified atom stereocenters. The molecule has 1 amide bonds. The fourth-order valence-electron chi connectivity index (χ4n) is 2.28. The van der Waals surface area contributed by atoms with E-state index in [-0.39, 0.29) is 17.2 Å². The first-order valence-corrected chi connectivity index (χ1v) is 8.68. The smallest absolute Gasteiger partial charge is 0.336 e. The summed E-state index contributed by atoms with van der Waals surface area (Å²) in [5.41, 5.74) is 0.239. The molecule has 0 spiro atoms. The highest BCUT2D eigenvalue weighted by atomic mass is 79.9. The third kappa shape index (κ3) is 4.48. The van der Waals surface area contributed by atoms with E-state index >= 15 is 0 Å². The Morgan fingerprint density at radius 3 is 2.67 bits per heavy atom. The Morgan fingerprint density at radius 1 is 1.38 bits per heavy atom. The van der Waals surface area contributed by atoms with Gasteiger partial charge in [0.15, 0.2) is 0 Å². The van der Waals surface area contributed by atoms with Crippen LogP contribution in [-0.2, 0) is 4.79 Å². The molecule has 1 aliphatic rings. The molecule has 6 heteroatoms. The van der Waals surface area contributed by atoms with Crippen LogP contribution < -0.4 is 0 Å². The Bertz CT molecular complexity index is 542. The van der Waals surface area contributed by atoms with Crippen molar-refractivity contribution in [3.8, 4) is 0 Å². The number of thioether (sulfide) groups is 1. The van der Waals surface area contributed by atoms with Crippen molar-refractivity contribution in [2.45, 2.75) is 24.7 Å². The summed E-state index contributed by atoms with van der Waals surface area (Å²) in [5, 5.41) is 9.18. The zero-order valence-electron chi connectivity index (χ0n) is 11.8. The minimum Gasteiger partial charge on any atom is -0.478 e. The highest BCUT2D eigenvalue weighted by Gasteiger charge is 2.21. The molecule has 0 aliphatic carbocycles. The van der Waals surface area contributed by atoms with E-state index in [9.17, 15) is 14.7 Å². The largest absolute Gasteiger partial charge is 0.478 e. The molecule has 21 heavy (non-hydrogen) atoms. The predicted molar refractivity (Wildman–Crippen MR) is 86.8 cm³/mol. The average molecular weight is 372 g/mol. The zero-order chi connectivity index (χ0) is 15.4. The number of carboxylic acid groups (broad SMARTS) is 1. The summed E-state index contributed by atoms with van der Waals surface area (Å²) in [4.78, 5) is 25.9. The van der Waals surface area contributed by atoms with Crippen LogP contribution in [0.4, 0.5) is 0 Å². The van der Waals surface area contributed by atoms with Crippen molar-refractivity contribution in [3.63, 3.8) is 0 Å². The summed E-state index contributed by atoms with van der Waals surface area (Å²) in [6.45, 7) is 3.83. The third-order valence-corrected chi connectivity index (χ3v) is 5.19. The van der Waals surface area contributed by atoms with Gasteiger partial charge in [-0.15, -0.1) is 11.8 Å². The number of rotatable bonds is 4. The number of benzene rings is 1. The van der Waals surface area contributed by atoms with Gasteiger partial charge in [-0.05, 0) is 37.0 Å². The molecule has 0 radical (unpaired) electrons. The van der Waals surface area contributed by atoms with Crippen molar-refractivity contribution in [1.82, 2.24) is 4.90 Å². The number of hydrogen-bond donors (Lipinski definition) is 1. The molecule has 1 aliphatic heterocycles. The number of carboxylic acids is 1. The van der Waals surface area contributed by atoms with Crippen LogP contribution in [0.1, 0.15) is 30.1 Å². The van der Waals surface area contributed by atoms with Gasteiger partial charge in [0.1, 0.15) is 0 Å². The van der Waals surface area contributed by atoms with Crippen LogP contribution in [-0.4, -0.2) is 40.7 Å². The number of aromatic carboxylic acids is 1. The van der Waals surface area contributed by atoms with Gasteiger partial charge >= 0.3 is 5.97 Å². The number of carbonyl (C=O) groups is 2. The van der Waals surface area contributed by atoms with Gasteiger partial charge in [0, 0.05) is 22.5 Å². The molecule has 0 bridgehead atoms. The quantitative estimate of drug-likeness (QED) is 0.822. The third-order valence-electron chi connectivity index (χ3n) is 3.66. The standard InChI is InChI=1S/C15H18BrNO3S/c1-10-4-6-17(7-5-10)14(18)9-21-13-8-11(16)2-3-12(13)15(19)20/h2-3,8,10H,4-7,9H2,1H3,(H,19,20). The second kappa shape index (κ2) is 7.31.